The zero-order valence-corrected chi connectivity index (χ0v) is 12.8. The molecule has 0 bridgehead atoms. The smallest absolute Gasteiger partial charge is 0.308 e. The molecule has 0 aliphatic heterocycles. The van der Waals surface area contributed by atoms with Gasteiger partial charge in [0.1, 0.15) is 11.5 Å². The van der Waals surface area contributed by atoms with Crippen molar-refractivity contribution in [1.29, 1.82) is 0 Å². The molecule has 7 heteroatoms. The predicted molar refractivity (Wildman–Crippen MR) is 85.2 cm³/mol. The predicted octanol–water partition coefficient (Wildman–Crippen LogP) is 2.20. The summed E-state index contributed by atoms with van der Waals surface area (Å²) in [7, 11) is 0. The van der Waals surface area contributed by atoms with Gasteiger partial charge in [-0.15, -0.1) is 0 Å². The molecule has 0 unspecified atom stereocenters. The van der Waals surface area contributed by atoms with Gasteiger partial charge in [0.2, 0.25) is 0 Å². The Labute approximate surface area is 137 Å². The van der Waals surface area contributed by atoms with Crippen molar-refractivity contribution in [3.63, 3.8) is 0 Å². The third kappa shape index (κ3) is 4.57. The Kier molecular flexibility index (Phi) is 5.16. The van der Waals surface area contributed by atoms with Crippen LogP contribution < -0.4 is 10.1 Å². The Morgan fingerprint density at radius 3 is 2.54 bits per heavy atom. The fraction of sp³-hybridized carbons (Fsp3) is 0.118. The number of ether oxygens (including phenoxy) is 1. The highest BCUT2D eigenvalue weighted by molar-refractivity contribution is 6.05. The zero-order chi connectivity index (χ0) is 17.7. The quantitative estimate of drug-likeness (QED) is 0.440. The molecule has 3 N–H and O–H groups in total. The molecule has 7 nitrogen and oxygen atoms in total. The molecule has 0 aromatic heterocycles. The maximum atomic E-state index is 12.3. The Hall–Kier alpha value is -3.35. The number of carbonyl (C=O) groups is 3. The highest BCUT2D eigenvalue weighted by Crippen LogP contribution is 2.25. The molecule has 0 fully saturated rings. The number of hydrogen-bond donors (Lipinski definition) is 3. The number of benzene rings is 2. The largest absolute Gasteiger partial charge is 0.506 e. The lowest BCUT2D eigenvalue weighted by molar-refractivity contribution is -0.136. The van der Waals surface area contributed by atoms with Crippen molar-refractivity contribution in [3.05, 3.63) is 53.6 Å². The van der Waals surface area contributed by atoms with Gasteiger partial charge in [0.15, 0.2) is 0 Å². The van der Waals surface area contributed by atoms with Gasteiger partial charge in [-0.2, -0.15) is 0 Å². The van der Waals surface area contributed by atoms with Crippen LogP contribution in [0.3, 0.4) is 0 Å². The molecule has 0 spiro atoms. The van der Waals surface area contributed by atoms with Gasteiger partial charge in [-0.05, 0) is 35.9 Å². The van der Waals surface area contributed by atoms with Crippen LogP contribution in [-0.4, -0.2) is 28.1 Å². The minimum absolute atomic E-state index is 0.0941. The number of anilines is 1. The van der Waals surface area contributed by atoms with Crippen molar-refractivity contribution in [3.8, 4) is 11.5 Å². The summed E-state index contributed by atoms with van der Waals surface area (Å²) in [6.07, 6.45) is -0.231. The van der Waals surface area contributed by atoms with Gasteiger partial charge in [0.25, 0.3) is 5.91 Å². The first kappa shape index (κ1) is 17.0. The third-order valence-electron chi connectivity index (χ3n) is 3.02. The molecule has 0 saturated carbocycles. The molecule has 0 aliphatic carbocycles. The van der Waals surface area contributed by atoms with E-state index >= 15 is 0 Å². The van der Waals surface area contributed by atoms with Crippen LogP contribution in [0.15, 0.2) is 42.5 Å². The molecular weight excluding hydrogens is 314 g/mol. The molecule has 0 atom stereocenters. The molecule has 0 aliphatic rings. The molecule has 1 amide bonds. The van der Waals surface area contributed by atoms with Crippen molar-refractivity contribution < 1.29 is 29.3 Å². The van der Waals surface area contributed by atoms with E-state index < -0.39 is 17.8 Å². The van der Waals surface area contributed by atoms with Crippen LogP contribution in [-0.2, 0) is 16.0 Å². The van der Waals surface area contributed by atoms with Gasteiger partial charge in [0.05, 0.1) is 12.1 Å². The fourth-order valence-electron chi connectivity index (χ4n) is 2.03. The molecule has 124 valence electrons. The molecule has 0 radical (unpaired) electrons. The van der Waals surface area contributed by atoms with Gasteiger partial charge in [-0.3, -0.25) is 14.4 Å². The summed E-state index contributed by atoms with van der Waals surface area (Å²) in [5.41, 5.74) is 0.748. The average molecular weight is 329 g/mol. The number of nitrogens with one attached hydrogen (secondary N) is 1. The Morgan fingerprint density at radius 1 is 1.12 bits per heavy atom. The number of rotatable bonds is 5. The molecule has 2 aromatic carbocycles. The molecule has 0 heterocycles. The Morgan fingerprint density at radius 2 is 1.88 bits per heavy atom. The van der Waals surface area contributed by atoms with Gasteiger partial charge >= 0.3 is 11.9 Å². The number of aromatic hydroxyl groups is 1. The van der Waals surface area contributed by atoms with E-state index in [2.05, 4.69) is 5.32 Å². The van der Waals surface area contributed by atoms with Gasteiger partial charge in [0, 0.05) is 12.5 Å². The number of carboxylic acids is 1. The van der Waals surface area contributed by atoms with Crippen molar-refractivity contribution in [1.82, 2.24) is 0 Å². The van der Waals surface area contributed by atoms with E-state index in [0.29, 0.717) is 5.56 Å². The SMILES string of the molecule is CC(=O)Oc1cccc(C(=O)Nc2cc(CC(=O)O)ccc2O)c1. The summed E-state index contributed by atoms with van der Waals surface area (Å²) >= 11 is 0. The van der Waals surface area contributed by atoms with E-state index in [1.807, 2.05) is 0 Å². The number of carboxylic acid groups (broad SMARTS) is 1. The number of esters is 1. The second-order valence-electron chi connectivity index (χ2n) is 5.00. The summed E-state index contributed by atoms with van der Waals surface area (Å²) in [4.78, 5) is 34.0. The highest BCUT2D eigenvalue weighted by atomic mass is 16.5. The summed E-state index contributed by atoms with van der Waals surface area (Å²) in [5, 5.41) is 21.1. The van der Waals surface area contributed by atoms with Gasteiger partial charge in [-0.25, -0.2) is 0 Å². The number of carbonyl (C=O) groups excluding carboxylic acids is 2. The summed E-state index contributed by atoms with van der Waals surface area (Å²) < 4.78 is 4.91. The first-order chi connectivity index (χ1) is 11.3. The van der Waals surface area contributed by atoms with Crippen molar-refractivity contribution >= 4 is 23.5 Å². The maximum absolute atomic E-state index is 12.3. The monoisotopic (exact) mass is 329 g/mol. The lowest BCUT2D eigenvalue weighted by Crippen LogP contribution is -2.13. The second-order valence-corrected chi connectivity index (χ2v) is 5.00. The summed E-state index contributed by atoms with van der Waals surface area (Å²) in [6, 6.07) is 10.1. The van der Waals surface area contributed by atoms with Crippen LogP contribution in [0.4, 0.5) is 5.69 Å². The molecular formula is C17H15NO6. The topological polar surface area (TPSA) is 113 Å². The van der Waals surface area contributed by atoms with E-state index in [0.717, 1.165) is 0 Å². The minimum atomic E-state index is -1.02. The van der Waals surface area contributed by atoms with Crippen molar-refractivity contribution in [2.45, 2.75) is 13.3 Å². The van der Waals surface area contributed by atoms with E-state index in [4.69, 9.17) is 9.84 Å². The Balaban J connectivity index is 2.20. The van der Waals surface area contributed by atoms with Crippen LogP contribution >= 0.6 is 0 Å². The average Bonchev–Trinajstić information content (AvgIpc) is 2.49. The number of aliphatic carboxylic acids is 1. The third-order valence-corrected chi connectivity index (χ3v) is 3.02. The van der Waals surface area contributed by atoms with Gasteiger partial charge < -0.3 is 20.3 Å². The first-order valence-corrected chi connectivity index (χ1v) is 6.98. The highest BCUT2D eigenvalue weighted by Gasteiger charge is 2.12. The van der Waals surface area contributed by atoms with Crippen LogP contribution in [0, 0.1) is 0 Å². The minimum Gasteiger partial charge on any atom is -0.506 e. The maximum Gasteiger partial charge on any atom is 0.308 e. The lowest BCUT2D eigenvalue weighted by Gasteiger charge is -2.10. The summed E-state index contributed by atoms with van der Waals surface area (Å²) in [6.45, 7) is 1.25. The van der Waals surface area contributed by atoms with E-state index in [1.54, 1.807) is 6.07 Å². The normalized spacial score (nSPS) is 10.0. The standard InChI is InChI=1S/C17H15NO6/c1-10(19)24-13-4-2-3-12(9-13)17(23)18-14-7-11(8-16(21)22)5-6-15(14)20/h2-7,9,20H,8H2,1H3,(H,18,23)(H,21,22). The summed E-state index contributed by atoms with van der Waals surface area (Å²) in [5.74, 6) is -2.03. The fourth-order valence-corrected chi connectivity index (χ4v) is 2.03. The van der Waals surface area contributed by atoms with E-state index in [1.165, 1.54) is 43.3 Å². The van der Waals surface area contributed by atoms with E-state index in [9.17, 15) is 19.5 Å². The van der Waals surface area contributed by atoms with Crippen LogP contribution in [0.1, 0.15) is 22.8 Å². The van der Waals surface area contributed by atoms with Crippen LogP contribution in [0.25, 0.3) is 0 Å². The molecule has 24 heavy (non-hydrogen) atoms. The van der Waals surface area contributed by atoms with Gasteiger partial charge in [-0.1, -0.05) is 12.1 Å². The van der Waals surface area contributed by atoms with Crippen LogP contribution in [0.5, 0.6) is 11.5 Å². The van der Waals surface area contributed by atoms with Crippen molar-refractivity contribution in [2.24, 2.45) is 0 Å². The molecule has 2 rings (SSSR count). The van der Waals surface area contributed by atoms with E-state index in [-0.39, 0.29) is 29.2 Å². The number of phenols is 1. The van der Waals surface area contributed by atoms with Crippen LogP contribution in [0.2, 0.25) is 0 Å². The molecule has 2 aromatic rings. The first-order valence-electron chi connectivity index (χ1n) is 6.98. The zero-order valence-electron chi connectivity index (χ0n) is 12.8. The number of hydrogen-bond acceptors (Lipinski definition) is 5. The number of phenolic OH excluding ortho intramolecular Hbond substituents is 1. The Bertz CT molecular complexity index is 799. The number of amides is 1. The lowest BCUT2D eigenvalue weighted by atomic mass is 10.1. The molecule has 0 saturated heterocycles. The second kappa shape index (κ2) is 7.28. The van der Waals surface area contributed by atoms with Crippen molar-refractivity contribution in [2.75, 3.05) is 5.32 Å².